The summed E-state index contributed by atoms with van der Waals surface area (Å²) in [6, 6.07) is 25.3. The Hall–Kier alpha value is -4.41. The number of rotatable bonds is 9. The number of carbonyl (C=O) groups is 3. The number of thioether (sulfide) groups is 1. The molecule has 2 atom stereocenters. The molecule has 10 heteroatoms. The molecular formula is C29H27N5O4S. The summed E-state index contributed by atoms with van der Waals surface area (Å²) in [6.07, 6.45) is -1.18. The van der Waals surface area contributed by atoms with Crippen LogP contribution in [0.1, 0.15) is 21.6 Å². The quantitative estimate of drug-likeness (QED) is 0.240. The Labute approximate surface area is 229 Å². The van der Waals surface area contributed by atoms with E-state index in [0.29, 0.717) is 22.8 Å². The maximum Gasteiger partial charge on any atom is 0.321 e. The number of carbonyl (C=O) groups excluding carboxylic acids is 2. The highest BCUT2D eigenvalue weighted by Gasteiger charge is 2.33. The van der Waals surface area contributed by atoms with Crippen LogP contribution in [0.5, 0.6) is 0 Å². The number of nitrogens with two attached hydrogens (primary N) is 1. The van der Waals surface area contributed by atoms with E-state index in [9.17, 15) is 14.4 Å². The fourth-order valence-corrected chi connectivity index (χ4v) is 5.29. The molecule has 0 aliphatic carbocycles. The smallest absolute Gasteiger partial charge is 0.321 e. The Morgan fingerprint density at radius 1 is 1.05 bits per heavy atom. The van der Waals surface area contributed by atoms with Crippen LogP contribution in [0.3, 0.4) is 0 Å². The number of aliphatic carboxylic acids is 1. The van der Waals surface area contributed by atoms with Gasteiger partial charge in [0.2, 0.25) is 6.17 Å². The molecule has 4 aromatic rings. The van der Waals surface area contributed by atoms with Crippen LogP contribution in [0.2, 0.25) is 0 Å². The van der Waals surface area contributed by atoms with Crippen LogP contribution >= 0.6 is 11.8 Å². The third-order valence-electron chi connectivity index (χ3n) is 6.37. The zero-order valence-electron chi connectivity index (χ0n) is 20.9. The van der Waals surface area contributed by atoms with Crippen molar-refractivity contribution in [2.75, 3.05) is 23.0 Å². The molecule has 1 aliphatic rings. The first kappa shape index (κ1) is 26.2. The maximum atomic E-state index is 13.9. The van der Waals surface area contributed by atoms with Crippen LogP contribution in [-0.2, 0) is 9.59 Å². The number of nitrogens with zero attached hydrogens (tertiary/aromatic N) is 2. The van der Waals surface area contributed by atoms with E-state index in [2.05, 4.69) is 10.3 Å². The van der Waals surface area contributed by atoms with Gasteiger partial charge in [0.05, 0.1) is 11.4 Å². The first-order valence-electron chi connectivity index (χ1n) is 12.4. The fraction of sp³-hybridized carbons (Fsp3) is 0.172. The van der Waals surface area contributed by atoms with Gasteiger partial charge in [-0.15, -0.1) is 0 Å². The molecule has 0 bridgehead atoms. The van der Waals surface area contributed by atoms with Crippen molar-refractivity contribution in [3.8, 4) is 0 Å². The summed E-state index contributed by atoms with van der Waals surface area (Å²) in [6.45, 7) is 0.281. The molecule has 2 heterocycles. The number of H-pyrrole nitrogens is 1. The average molecular weight is 542 g/mol. The molecule has 198 valence electrons. The molecule has 1 aliphatic heterocycles. The number of fused-ring (bicyclic) bond motifs is 2. The van der Waals surface area contributed by atoms with Gasteiger partial charge in [-0.3, -0.25) is 14.4 Å². The molecule has 0 radical (unpaired) electrons. The molecular weight excluding hydrogens is 514 g/mol. The maximum absolute atomic E-state index is 13.9. The van der Waals surface area contributed by atoms with Crippen molar-refractivity contribution in [1.29, 1.82) is 0 Å². The summed E-state index contributed by atoms with van der Waals surface area (Å²) in [4.78, 5) is 47.8. The number of hydrogen-bond acceptors (Lipinski definition) is 6. The number of benzene rings is 3. The number of anilines is 1. The third kappa shape index (κ3) is 5.71. The van der Waals surface area contributed by atoms with Gasteiger partial charge in [-0.1, -0.05) is 66.7 Å². The second-order valence-corrected chi connectivity index (χ2v) is 10.2. The second kappa shape index (κ2) is 11.5. The third-order valence-corrected chi connectivity index (χ3v) is 7.44. The van der Waals surface area contributed by atoms with E-state index < -0.39 is 24.1 Å². The lowest BCUT2D eigenvalue weighted by Gasteiger charge is -2.25. The predicted octanol–water partition coefficient (Wildman–Crippen LogP) is 3.25. The van der Waals surface area contributed by atoms with E-state index in [1.807, 2.05) is 78.9 Å². The highest BCUT2D eigenvalue weighted by Crippen LogP contribution is 2.28. The molecule has 3 aromatic carbocycles. The van der Waals surface area contributed by atoms with Gasteiger partial charge in [-0.25, -0.2) is 4.99 Å². The zero-order chi connectivity index (χ0) is 27.4. The van der Waals surface area contributed by atoms with Gasteiger partial charge in [0.15, 0.2) is 0 Å². The fourth-order valence-electron chi connectivity index (χ4n) is 4.42. The summed E-state index contributed by atoms with van der Waals surface area (Å²) in [7, 11) is 0. The highest BCUT2D eigenvalue weighted by molar-refractivity contribution is 7.99. The lowest BCUT2D eigenvalue weighted by atomic mass is 10.0. The Morgan fingerprint density at radius 2 is 1.77 bits per heavy atom. The van der Waals surface area contributed by atoms with Gasteiger partial charge in [-0.2, -0.15) is 11.8 Å². The first-order chi connectivity index (χ1) is 18.9. The van der Waals surface area contributed by atoms with Crippen molar-refractivity contribution in [3.05, 3.63) is 102 Å². The van der Waals surface area contributed by atoms with Crippen LogP contribution in [-0.4, -0.2) is 63.8 Å². The van der Waals surface area contributed by atoms with E-state index in [-0.39, 0.29) is 18.2 Å². The van der Waals surface area contributed by atoms with Gasteiger partial charge < -0.3 is 26.0 Å². The highest BCUT2D eigenvalue weighted by atomic mass is 32.2. The van der Waals surface area contributed by atoms with Crippen LogP contribution in [0.25, 0.3) is 10.9 Å². The van der Waals surface area contributed by atoms with Crippen LogP contribution in [0.15, 0.2) is 89.9 Å². The molecule has 0 spiro atoms. The van der Waals surface area contributed by atoms with Crippen LogP contribution in [0, 0.1) is 0 Å². The summed E-state index contributed by atoms with van der Waals surface area (Å²) in [5.41, 5.74) is 9.59. The lowest BCUT2D eigenvalue weighted by molar-refractivity contribution is -0.137. The Morgan fingerprint density at radius 3 is 2.54 bits per heavy atom. The number of hydrogen-bond donors (Lipinski definition) is 4. The van der Waals surface area contributed by atoms with Gasteiger partial charge in [-0.05, 0) is 18.2 Å². The largest absolute Gasteiger partial charge is 0.480 e. The van der Waals surface area contributed by atoms with Gasteiger partial charge in [0.1, 0.15) is 11.7 Å². The monoisotopic (exact) mass is 541 g/mol. The topological polar surface area (TPSA) is 141 Å². The van der Waals surface area contributed by atoms with Gasteiger partial charge >= 0.3 is 5.97 Å². The molecule has 0 unspecified atom stereocenters. The molecule has 0 saturated heterocycles. The summed E-state index contributed by atoms with van der Waals surface area (Å²) in [5.74, 6) is -1.25. The Balaban J connectivity index is 1.48. The number of aliphatic imine (C=N–C) groups is 1. The summed E-state index contributed by atoms with van der Waals surface area (Å²) < 4.78 is 0. The number of carboxylic acids is 1. The average Bonchev–Trinajstić information content (AvgIpc) is 3.36. The standard InChI is InChI=1S/C29H27N5O4S/c30-21(29(37)38)17-39-15-14-34-24-13-7-5-11-20(24)25(18-8-2-1-3-9-18)32-26(28(34)36)33-27(35)23-16-19-10-4-6-12-22(19)31-23/h1-13,16,21,26,31H,14-15,17,30H2,(H,33,35)(H,37,38)/t21-,26-/m0/s1. The molecule has 2 amide bonds. The van der Waals surface area contributed by atoms with Crippen LogP contribution < -0.4 is 16.0 Å². The van der Waals surface area contributed by atoms with E-state index in [0.717, 1.165) is 22.0 Å². The molecule has 39 heavy (non-hydrogen) atoms. The molecule has 1 aromatic heterocycles. The molecule has 5 rings (SSSR count). The summed E-state index contributed by atoms with van der Waals surface area (Å²) in [5, 5.41) is 12.8. The molecule has 0 saturated carbocycles. The van der Waals surface area contributed by atoms with Crippen molar-refractivity contribution >= 4 is 51.8 Å². The van der Waals surface area contributed by atoms with E-state index in [1.165, 1.54) is 11.8 Å². The van der Waals surface area contributed by atoms with Gasteiger partial charge in [0, 0.05) is 40.1 Å². The number of aromatic nitrogens is 1. The van der Waals surface area contributed by atoms with Crippen molar-refractivity contribution < 1.29 is 19.5 Å². The Bertz CT molecular complexity index is 1520. The van der Waals surface area contributed by atoms with Crippen molar-refractivity contribution in [1.82, 2.24) is 10.3 Å². The minimum atomic E-state index is -1.18. The summed E-state index contributed by atoms with van der Waals surface area (Å²) >= 11 is 1.35. The van der Waals surface area contributed by atoms with Crippen molar-refractivity contribution in [2.45, 2.75) is 12.2 Å². The van der Waals surface area contributed by atoms with E-state index in [4.69, 9.17) is 15.8 Å². The SMILES string of the molecule is N[C@@H](CSCCN1C(=O)[C@H](NC(=O)c2cc3ccccc3[nH]2)N=C(c2ccccc2)c2ccccc21)C(=O)O. The number of amides is 2. The van der Waals surface area contributed by atoms with Crippen molar-refractivity contribution in [2.24, 2.45) is 10.7 Å². The van der Waals surface area contributed by atoms with Gasteiger partial charge in [0.25, 0.3) is 11.8 Å². The molecule has 5 N–H and O–H groups in total. The first-order valence-corrected chi connectivity index (χ1v) is 13.6. The van der Waals surface area contributed by atoms with Crippen LogP contribution in [0.4, 0.5) is 5.69 Å². The number of para-hydroxylation sites is 2. The Kier molecular flexibility index (Phi) is 7.76. The minimum absolute atomic E-state index is 0.214. The van der Waals surface area contributed by atoms with Crippen molar-refractivity contribution in [3.63, 3.8) is 0 Å². The number of carboxylic acid groups (broad SMARTS) is 1. The predicted molar refractivity (Wildman–Crippen MR) is 153 cm³/mol. The lowest BCUT2D eigenvalue weighted by Crippen LogP contribution is -2.48. The minimum Gasteiger partial charge on any atom is -0.480 e. The number of nitrogens with one attached hydrogen (secondary N) is 2. The number of aromatic amines is 1. The van der Waals surface area contributed by atoms with E-state index in [1.54, 1.807) is 11.0 Å². The molecule has 0 fully saturated rings. The number of benzodiazepines with no additional fused rings is 1. The zero-order valence-corrected chi connectivity index (χ0v) is 21.7. The second-order valence-electron chi connectivity index (χ2n) is 9.02. The van der Waals surface area contributed by atoms with E-state index >= 15 is 0 Å². The normalized spacial score (nSPS) is 15.8. The molecule has 9 nitrogen and oxygen atoms in total.